The van der Waals surface area contributed by atoms with Crippen molar-refractivity contribution < 1.29 is 27.5 Å². The topological polar surface area (TPSA) is 61.9 Å². The second kappa shape index (κ2) is 7.66. The molecule has 1 atom stereocenters. The Labute approximate surface area is 155 Å². The maximum Gasteiger partial charge on any atom is 0.410 e. The Hall–Kier alpha value is -2.45. The summed E-state index contributed by atoms with van der Waals surface area (Å²) in [7, 11) is 0. The molecule has 1 N–H and O–H groups in total. The fraction of sp³-hybridized carbons (Fsp3) is 0.556. The van der Waals surface area contributed by atoms with E-state index in [1.54, 1.807) is 4.90 Å². The van der Waals surface area contributed by atoms with Crippen molar-refractivity contribution in [2.75, 3.05) is 25.0 Å². The van der Waals surface area contributed by atoms with Crippen LogP contribution in [0.1, 0.15) is 26.7 Å². The van der Waals surface area contributed by atoms with Crippen molar-refractivity contribution in [3.63, 3.8) is 0 Å². The molecule has 0 aliphatic carbocycles. The molecule has 2 fully saturated rings. The molecule has 0 bridgehead atoms. The van der Waals surface area contributed by atoms with Gasteiger partial charge in [0.15, 0.2) is 17.5 Å². The number of piperidine rings is 1. The summed E-state index contributed by atoms with van der Waals surface area (Å²) < 4.78 is 45.1. The Balaban J connectivity index is 1.60. The molecular formula is C18H22F3N3O3. The minimum atomic E-state index is -1.63. The summed E-state index contributed by atoms with van der Waals surface area (Å²) in [4.78, 5) is 27.6. The van der Waals surface area contributed by atoms with Gasteiger partial charge in [-0.05, 0) is 30.9 Å². The molecule has 2 saturated heterocycles. The van der Waals surface area contributed by atoms with Crippen LogP contribution in [0.3, 0.4) is 0 Å². The number of urea groups is 1. The molecule has 2 aliphatic rings. The van der Waals surface area contributed by atoms with Gasteiger partial charge in [-0.15, -0.1) is 0 Å². The average molecular weight is 385 g/mol. The smallest absolute Gasteiger partial charge is 0.410 e. The number of cyclic esters (lactones) is 1. The van der Waals surface area contributed by atoms with E-state index in [1.165, 1.54) is 4.90 Å². The summed E-state index contributed by atoms with van der Waals surface area (Å²) in [5.41, 5.74) is -0.413. The fourth-order valence-corrected chi connectivity index (χ4v) is 3.54. The van der Waals surface area contributed by atoms with Gasteiger partial charge >= 0.3 is 12.1 Å². The predicted octanol–water partition coefficient (Wildman–Crippen LogP) is 3.58. The summed E-state index contributed by atoms with van der Waals surface area (Å²) in [5.74, 6) is -4.12. The van der Waals surface area contributed by atoms with Crippen molar-refractivity contribution in [3.8, 4) is 0 Å². The van der Waals surface area contributed by atoms with Gasteiger partial charge in [-0.3, -0.25) is 4.90 Å². The number of nitrogens with one attached hydrogen (secondary N) is 1. The molecule has 2 heterocycles. The van der Waals surface area contributed by atoms with E-state index in [0.29, 0.717) is 32.5 Å². The van der Waals surface area contributed by atoms with E-state index in [2.05, 4.69) is 5.32 Å². The SMILES string of the molecule is CC(C)C1COC(=O)N1C1CCN(C(=O)Nc2ccc(F)c(F)c2F)CC1. The van der Waals surface area contributed by atoms with Crippen molar-refractivity contribution in [1.82, 2.24) is 9.80 Å². The van der Waals surface area contributed by atoms with Crippen molar-refractivity contribution in [2.24, 2.45) is 5.92 Å². The molecule has 0 aromatic heterocycles. The van der Waals surface area contributed by atoms with Crippen LogP contribution in [0.5, 0.6) is 0 Å². The van der Waals surface area contributed by atoms with Gasteiger partial charge in [0, 0.05) is 19.1 Å². The van der Waals surface area contributed by atoms with Crippen LogP contribution < -0.4 is 5.32 Å². The predicted molar refractivity (Wildman–Crippen MR) is 91.7 cm³/mol. The minimum Gasteiger partial charge on any atom is -0.447 e. The number of hydrogen-bond donors (Lipinski definition) is 1. The molecule has 0 radical (unpaired) electrons. The Bertz CT molecular complexity index is 736. The number of benzene rings is 1. The number of rotatable bonds is 3. The van der Waals surface area contributed by atoms with Crippen molar-refractivity contribution in [3.05, 3.63) is 29.6 Å². The zero-order valence-corrected chi connectivity index (χ0v) is 15.2. The van der Waals surface area contributed by atoms with E-state index in [1.807, 2.05) is 13.8 Å². The maximum atomic E-state index is 13.7. The van der Waals surface area contributed by atoms with Crippen LogP contribution in [0.4, 0.5) is 28.4 Å². The van der Waals surface area contributed by atoms with Gasteiger partial charge in [0.05, 0.1) is 11.7 Å². The second-order valence-corrected chi connectivity index (χ2v) is 7.17. The largest absolute Gasteiger partial charge is 0.447 e. The first-order valence-corrected chi connectivity index (χ1v) is 8.94. The highest BCUT2D eigenvalue weighted by Crippen LogP contribution is 2.28. The average Bonchev–Trinajstić information content (AvgIpc) is 3.04. The lowest BCUT2D eigenvalue weighted by Gasteiger charge is -2.38. The molecular weight excluding hydrogens is 363 g/mol. The first-order chi connectivity index (χ1) is 12.8. The number of anilines is 1. The van der Waals surface area contributed by atoms with E-state index >= 15 is 0 Å². The van der Waals surface area contributed by atoms with Crippen LogP contribution in [0, 0.1) is 23.4 Å². The Morgan fingerprint density at radius 1 is 1.19 bits per heavy atom. The second-order valence-electron chi connectivity index (χ2n) is 7.17. The third-order valence-corrected chi connectivity index (χ3v) is 5.14. The van der Waals surface area contributed by atoms with Gasteiger partial charge in [-0.25, -0.2) is 22.8 Å². The zero-order chi connectivity index (χ0) is 19.7. The summed E-state index contributed by atoms with van der Waals surface area (Å²) in [6.07, 6.45) is 0.790. The summed E-state index contributed by atoms with van der Waals surface area (Å²) in [6.45, 7) is 5.14. The Morgan fingerprint density at radius 2 is 1.85 bits per heavy atom. The van der Waals surface area contributed by atoms with E-state index in [-0.39, 0.29) is 24.1 Å². The number of carbonyl (C=O) groups is 2. The molecule has 1 aromatic carbocycles. The van der Waals surface area contributed by atoms with E-state index in [9.17, 15) is 22.8 Å². The highest BCUT2D eigenvalue weighted by Gasteiger charge is 2.41. The zero-order valence-electron chi connectivity index (χ0n) is 15.2. The highest BCUT2D eigenvalue weighted by molar-refractivity contribution is 5.89. The van der Waals surface area contributed by atoms with Crippen LogP contribution in [0.15, 0.2) is 12.1 Å². The maximum absolute atomic E-state index is 13.7. The minimum absolute atomic E-state index is 0.0131. The number of amides is 3. The van der Waals surface area contributed by atoms with E-state index in [4.69, 9.17) is 4.74 Å². The lowest BCUT2D eigenvalue weighted by Crippen LogP contribution is -2.51. The van der Waals surface area contributed by atoms with Gasteiger partial charge in [0.1, 0.15) is 6.61 Å². The third-order valence-electron chi connectivity index (χ3n) is 5.14. The molecule has 6 nitrogen and oxygen atoms in total. The molecule has 1 unspecified atom stereocenters. The van der Waals surface area contributed by atoms with Crippen LogP contribution in [-0.2, 0) is 4.74 Å². The lowest BCUT2D eigenvalue weighted by molar-refractivity contribution is 0.107. The quantitative estimate of drug-likeness (QED) is 0.809. The van der Waals surface area contributed by atoms with Gasteiger partial charge in [-0.2, -0.15) is 0 Å². The first-order valence-electron chi connectivity index (χ1n) is 8.94. The number of likely N-dealkylation sites (tertiary alicyclic amines) is 1. The number of hydrogen-bond acceptors (Lipinski definition) is 3. The number of carbonyl (C=O) groups excluding carboxylic acids is 2. The van der Waals surface area contributed by atoms with Gasteiger partial charge < -0.3 is 15.0 Å². The molecule has 3 rings (SSSR count). The molecule has 27 heavy (non-hydrogen) atoms. The number of halogens is 3. The lowest BCUT2D eigenvalue weighted by atomic mass is 9.98. The van der Waals surface area contributed by atoms with Gasteiger partial charge in [-0.1, -0.05) is 13.8 Å². The van der Waals surface area contributed by atoms with Crippen LogP contribution in [0.25, 0.3) is 0 Å². The molecule has 0 saturated carbocycles. The standard InChI is InChI=1S/C18H22F3N3O3/c1-10(2)14-9-27-18(26)24(14)11-5-7-23(8-6-11)17(25)22-13-4-3-12(19)15(20)16(13)21/h3-4,10-11,14H,5-9H2,1-2H3,(H,22,25). The molecule has 9 heteroatoms. The van der Waals surface area contributed by atoms with Crippen molar-refractivity contribution in [1.29, 1.82) is 0 Å². The summed E-state index contributed by atoms with van der Waals surface area (Å²) >= 11 is 0. The normalized spacial score (nSPS) is 21.0. The Kier molecular flexibility index (Phi) is 5.48. The highest BCUT2D eigenvalue weighted by atomic mass is 19.2. The van der Waals surface area contributed by atoms with E-state index in [0.717, 1.165) is 12.1 Å². The van der Waals surface area contributed by atoms with Crippen LogP contribution >= 0.6 is 0 Å². The molecule has 0 spiro atoms. The van der Waals surface area contributed by atoms with Crippen molar-refractivity contribution in [2.45, 2.75) is 38.8 Å². The Morgan fingerprint density at radius 3 is 2.48 bits per heavy atom. The van der Waals surface area contributed by atoms with E-state index < -0.39 is 29.2 Å². The third kappa shape index (κ3) is 3.81. The van der Waals surface area contributed by atoms with Gasteiger partial charge in [0.25, 0.3) is 0 Å². The molecule has 148 valence electrons. The van der Waals surface area contributed by atoms with Gasteiger partial charge in [0.2, 0.25) is 0 Å². The fourth-order valence-electron chi connectivity index (χ4n) is 3.54. The van der Waals surface area contributed by atoms with Crippen molar-refractivity contribution >= 4 is 17.8 Å². The van der Waals surface area contributed by atoms with Crippen LogP contribution in [-0.4, -0.2) is 53.7 Å². The summed E-state index contributed by atoms with van der Waals surface area (Å²) in [5, 5.41) is 2.27. The first kappa shape index (κ1) is 19.3. The number of ether oxygens (including phenoxy) is 1. The monoisotopic (exact) mass is 385 g/mol. The molecule has 3 amide bonds. The molecule has 1 aromatic rings. The van der Waals surface area contributed by atoms with Crippen LogP contribution in [0.2, 0.25) is 0 Å². The summed E-state index contributed by atoms with van der Waals surface area (Å²) in [6, 6.07) is 1.12. The number of nitrogens with zero attached hydrogens (tertiary/aromatic N) is 2. The molecule has 2 aliphatic heterocycles.